The van der Waals surface area contributed by atoms with Crippen LogP contribution < -0.4 is 10.6 Å². The summed E-state index contributed by atoms with van der Waals surface area (Å²) in [5, 5.41) is 6.13. The van der Waals surface area contributed by atoms with Crippen molar-refractivity contribution < 1.29 is 9.59 Å². The van der Waals surface area contributed by atoms with Crippen LogP contribution in [0.2, 0.25) is 0 Å². The number of hydrogen-bond acceptors (Lipinski definition) is 3. The Labute approximate surface area is 145 Å². The van der Waals surface area contributed by atoms with Crippen LogP contribution in [0.4, 0.5) is 4.79 Å². The van der Waals surface area contributed by atoms with Crippen molar-refractivity contribution in [1.29, 1.82) is 0 Å². The Morgan fingerprint density at radius 1 is 1.25 bits per heavy atom. The van der Waals surface area contributed by atoms with Gasteiger partial charge in [-0.3, -0.25) is 9.69 Å². The van der Waals surface area contributed by atoms with Gasteiger partial charge in [-0.05, 0) is 38.6 Å². The number of urea groups is 1. The maximum atomic E-state index is 12.6. The third-order valence-corrected chi connectivity index (χ3v) is 6.28. The summed E-state index contributed by atoms with van der Waals surface area (Å²) < 4.78 is 0. The van der Waals surface area contributed by atoms with Gasteiger partial charge in [0.1, 0.15) is 0 Å². The molecule has 6 nitrogen and oxygen atoms in total. The highest BCUT2D eigenvalue weighted by molar-refractivity contribution is 5.76. The van der Waals surface area contributed by atoms with Gasteiger partial charge in [0.2, 0.25) is 5.91 Å². The number of likely N-dealkylation sites (N-methyl/N-ethyl adjacent to an activating group) is 1. The van der Waals surface area contributed by atoms with Gasteiger partial charge in [0.05, 0.1) is 0 Å². The molecule has 3 amide bonds. The molecule has 6 heteroatoms. The summed E-state index contributed by atoms with van der Waals surface area (Å²) >= 11 is 0. The lowest BCUT2D eigenvalue weighted by molar-refractivity contribution is -0.121. The van der Waals surface area contributed by atoms with Gasteiger partial charge in [-0.15, -0.1) is 0 Å². The summed E-state index contributed by atoms with van der Waals surface area (Å²) in [5.74, 6) is 0.794. The maximum absolute atomic E-state index is 12.6. The molecule has 1 atom stereocenters. The first-order valence-electron chi connectivity index (χ1n) is 9.60. The second kappa shape index (κ2) is 7.72. The van der Waals surface area contributed by atoms with Crippen LogP contribution in [0.3, 0.4) is 0 Å². The Kier molecular flexibility index (Phi) is 5.64. The number of hydrogen-bond donors (Lipinski definition) is 2. The average molecular weight is 336 g/mol. The Hall–Kier alpha value is -1.30. The predicted octanol–water partition coefficient (Wildman–Crippen LogP) is 1.56. The number of piperazine rings is 1. The minimum Gasteiger partial charge on any atom is -0.356 e. The lowest BCUT2D eigenvalue weighted by Gasteiger charge is -2.49. The van der Waals surface area contributed by atoms with Gasteiger partial charge in [-0.1, -0.05) is 19.3 Å². The van der Waals surface area contributed by atoms with Gasteiger partial charge in [-0.2, -0.15) is 0 Å². The molecule has 3 fully saturated rings. The molecular formula is C18H32N4O2. The van der Waals surface area contributed by atoms with E-state index < -0.39 is 0 Å². The van der Waals surface area contributed by atoms with Gasteiger partial charge >= 0.3 is 6.03 Å². The highest BCUT2D eigenvalue weighted by Gasteiger charge is 2.42. The molecule has 2 heterocycles. The van der Waals surface area contributed by atoms with Gasteiger partial charge < -0.3 is 15.5 Å². The maximum Gasteiger partial charge on any atom is 0.317 e. The van der Waals surface area contributed by atoms with Crippen LogP contribution in [-0.2, 0) is 4.79 Å². The minimum atomic E-state index is -0.0560. The van der Waals surface area contributed by atoms with Crippen molar-refractivity contribution in [3.8, 4) is 0 Å². The van der Waals surface area contributed by atoms with E-state index in [1.807, 2.05) is 4.90 Å². The minimum absolute atomic E-state index is 0.0560. The molecule has 3 rings (SSSR count). The second-order valence-corrected chi connectivity index (χ2v) is 7.86. The summed E-state index contributed by atoms with van der Waals surface area (Å²) in [5.41, 5.74) is -0.0560. The largest absolute Gasteiger partial charge is 0.356 e. The van der Waals surface area contributed by atoms with Gasteiger partial charge in [0.25, 0.3) is 0 Å². The van der Waals surface area contributed by atoms with E-state index in [1.54, 1.807) is 0 Å². The third-order valence-electron chi connectivity index (χ3n) is 6.28. The van der Waals surface area contributed by atoms with Gasteiger partial charge in [-0.25, -0.2) is 4.79 Å². The molecule has 1 spiro atoms. The molecule has 0 aromatic rings. The van der Waals surface area contributed by atoms with E-state index in [0.29, 0.717) is 18.9 Å². The molecule has 0 bridgehead atoms. The summed E-state index contributed by atoms with van der Waals surface area (Å²) in [4.78, 5) is 28.7. The van der Waals surface area contributed by atoms with Gasteiger partial charge in [0, 0.05) is 44.7 Å². The highest BCUT2D eigenvalue weighted by atomic mass is 16.2. The first-order valence-corrected chi connectivity index (χ1v) is 9.60. The molecule has 0 unspecified atom stereocenters. The zero-order valence-electron chi connectivity index (χ0n) is 15.0. The molecule has 0 aromatic carbocycles. The molecule has 0 aromatic heterocycles. The fourth-order valence-corrected chi connectivity index (χ4v) is 4.51. The van der Waals surface area contributed by atoms with Crippen molar-refractivity contribution in [1.82, 2.24) is 20.4 Å². The number of carbonyl (C=O) groups is 2. The smallest absolute Gasteiger partial charge is 0.317 e. The van der Waals surface area contributed by atoms with Crippen LogP contribution in [0, 0.1) is 5.92 Å². The number of carbonyl (C=O) groups excluding carboxylic acids is 2. The molecule has 1 aliphatic carbocycles. The fraction of sp³-hybridized carbons (Fsp3) is 0.889. The van der Waals surface area contributed by atoms with E-state index in [2.05, 4.69) is 22.6 Å². The topological polar surface area (TPSA) is 64.7 Å². The molecule has 1 saturated carbocycles. The molecular weight excluding hydrogens is 304 g/mol. The van der Waals surface area contributed by atoms with E-state index in [0.717, 1.165) is 39.0 Å². The van der Waals surface area contributed by atoms with E-state index >= 15 is 0 Å². The van der Waals surface area contributed by atoms with Gasteiger partial charge in [0.15, 0.2) is 0 Å². The monoisotopic (exact) mass is 336 g/mol. The third kappa shape index (κ3) is 4.02. The average Bonchev–Trinajstić information content (AvgIpc) is 2.79. The Morgan fingerprint density at radius 3 is 2.83 bits per heavy atom. The Morgan fingerprint density at radius 2 is 2.04 bits per heavy atom. The quantitative estimate of drug-likeness (QED) is 0.804. The van der Waals surface area contributed by atoms with Crippen molar-refractivity contribution >= 4 is 11.9 Å². The normalized spacial score (nSPS) is 30.0. The fourth-order valence-electron chi connectivity index (χ4n) is 4.51. The van der Waals surface area contributed by atoms with Crippen LogP contribution in [0.25, 0.3) is 0 Å². The van der Waals surface area contributed by atoms with Crippen LogP contribution in [0.15, 0.2) is 0 Å². The summed E-state index contributed by atoms with van der Waals surface area (Å²) in [6, 6.07) is 0.0802. The number of rotatable bonds is 2. The number of nitrogens with one attached hydrogen (secondary N) is 2. The summed E-state index contributed by atoms with van der Waals surface area (Å²) in [6.07, 6.45) is 8.77. The lowest BCUT2D eigenvalue weighted by atomic mass is 9.86. The molecule has 2 saturated heterocycles. The number of nitrogens with zero attached hydrogens (tertiary/aromatic N) is 2. The van der Waals surface area contributed by atoms with E-state index in [-0.39, 0.29) is 17.5 Å². The highest BCUT2D eigenvalue weighted by Crippen LogP contribution is 2.30. The Balaban J connectivity index is 1.55. The predicted molar refractivity (Wildman–Crippen MR) is 93.8 cm³/mol. The van der Waals surface area contributed by atoms with Crippen molar-refractivity contribution in [3.05, 3.63) is 0 Å². The summed E-state index contributed by atoms with van der Waals surface area (Å²) in [6.45, 7) is 3.91. The van der Waals surface area contributed by atoms with E-state index in [1.165, 1.54) is 32.1 Å². The molecule has 2 aliphatic heterocycles. The SMILES string of the molecule is CN1CCN(C(=O)NCC2CCCCC2)C[C@]12CCNC(=O)CC2. The molecule has 24 heavy (non-hydrogen) atoms. The van der Waals surface area contributed by atoms with Crippen molar-refractivity contribution in [3.63, 3.8) is 0 Å². The second-order valence-electron chi connectivity index (χ2n) is 7.86. The van der Waals surface area contributed by atoms with Crippen LogP contribution in [-0.4, -0.2) is 67.0 Å². The number of amides is 3. The zero-order chi connectivity index (χ0) is 17.0. The van der Waals surface area contributed by atoms with Crippen molar-refractivity contribution in [2.45, 2.75) is 56.9 Å². The first-order chi connectivity index (χ1) is 11.6. The van der Waals surface area contributed by atoms with Crippen LogP contribution >= 0.6 is 0 Å². The van der Waals surface area contributed by atoms with E-state index in [4.69, 9.17) is 0 Å². The molecule has 2 N–H and O–H groups in total. The molecule has 3 aliphatic rings. The van der Waals surface area contributed by atoms with Crippen LogP contribution in [0.1, 0.15) is 51.4 Å². The summed E-state index contributed by atoms with van der Waals surface area (Å²) in [7, 11) is 2.13. The van der Waals surface area contributed by atoms with Crippen molar-refractivity contribution in [2.75, 3.05) is 39.8 Å². The Bertz CT molecular complexity index is 464. The molecule has 0 radical (unpaired) electrons. The zero-order valence-corrected chi connectivity index (χ0v) is 15.0. The first kappa shape index (κ1) is 17.5. The van der Waals surface area contributed by atoms with Crippen LogP contribution in [0.5, 0.6) is 0 Å². The van der Waals surface area contributed by atoms with Crippen molar-refractivity contribution in [2.24, 2.45) is 5.92 Å². The lowest BCUT2D eigenvalue weighted by Crippen LogP contribution is -2.63. The van der Waals surface area contributed by atoms with E-state index in [9.17, 15) is 9.59 Å². The standard InChI is InChI=1S/C18H32N4O2/c1-21-11-12-22(14-18(21)8-7-16(23)19-10-9-18)17(24)20-13-15-5-3-2-4-6-15/h15H,2-14H2,1H3,(H,19,23)(H,20,24)/t18-/m0/s1. The molecule has 136 valence electrons.